The van der Waals surface area contributed by atoms with Crippen molar-refractivity contribution in [1.82, 2.24) is 5.32 Å². The SMILES string of the molecule is Cc1ccc(CCCNC(=O)C2CCN(c3ccc(C(F)(F)F)c[nH+]3)CC2)c(C)c1. The van der Waals surface area contributed by atoms with E-state index in [2.05, 4.69) is 42.3 Å². The van der Waals surface area contributed by atoms with Crippen LogP contribution in [0.3, 0.4) is 0 Å². The van der Waals surface area contributed by atoms with E-state index in [9.17, 15) is 18.0 Å². The highest BCUT2D eigenvalue weighted by atomic mass is 19.4. The summed E-state index contributed by atoms with van der Waals surface area (Å²) in [4.78, 5) is 17.2. The molecule has 1 aliphatic heterocycles. The molecule has 1 amide bonds. The van der Waals surface area contributed by atoms with Crippen molar-refractivity contribution in [2.24, 2.45) is 5.92 Å². The molecular weight excluding hydrogens is 391 g/mol. The average Bonchev–Trinajstić information content (AvgIpc) is 2.72. The van der Waals surface area contributed by atoms with E-state index in [4.69, 9.17) is 0 Å². The molecule has 0 aliphatic carbocycles. The van der Waals surface area contributed by atoms with Gasteiger partial charge in [-0.1, -0.05) is 23.8 Å². The van der Waals surface area contributed by atoms with Crippen LogP contribution < -0.4 is 15.2 Å². The van der Waals surface area contributed by atoms with Crippen LogP contribution in [0.5, 0.6) is 0 Å². The topological polar surface area (TPSA) is 46.5 Å². The van der Waals surface area contributed by atoms with Gasteiger partial charge in [-0.25, -0.2) is 4.98 Å². The maximum atomic E-state index is 12.7. The third-order valence-corrected chi connectivity index (χ3v) is 5.75. The number of benzene rings is 1. The molecule has 0 saturated carbocycles. The number of aryl methyl sites for hydroxylation is 3. The predicted molar refractivity (Wildman–Crippen MR) is 110 cm³/mol. The third kappa shape index (κ3) is 5.74. The first-order chi connectivity index (χ1) is 14.2. The van der Waals surface area contributed by atoms with Gasteiger partial charge in [-0.2, -0.15) is 13.2 Å². The Balaban J connectivity index is 1.40. The fourth-order valence-electron chi connectivity index (χ4n) is 3.93. The van der Waals surface area contributed by atoms with E-state index in [1.807, 2.05) is 4.90 Å². The van der Waals surface area contributed by atoms with Crippen molar-refractivity contribution >= 4 is 11.7 Å². The van der Waals surface area contributed by atoms with Crippen molar-refractivity contribution in [2.75, 3.05) is 24.5 Å². The van der Waals surface area contributed by atoms with Gasteiger partial charge < -0.3 is 5.32 Å². The summed E-state index contributed by atoms with van der Waals surface area (Å²) in [7, 11) is 0. The largest absolute Gasteiger partial charge is 0.419 e. The second-order valence-corrected chi connectivity index (χ2v) is 8.05. The van der Waals surface area contributed by atoms with Gasteiger partial charge in [-0.3, -0.25) is 9.69 Å². The minimum atomic E-state index is -4.35. The van der Waals surface area contributed by atoms with Crippen molar-refractivity contribution in [3.8, 4) is 0 Å². The number of aromatic nitrogens is 1. The van der Waals surface area contributed by atoms with Gasteiger partial charge in [-0.05, 0) is 56.7 Å². The van der Waals surface area contributed by atoms with Crippen molar-refractivity contribution in [3.05, 3.63) is 58.8 Å². The lowest BCUT2D eigenvalue weighted by atomic mass is 9.95. The van der Waals surface area contributed by atoms with Crippen LogP contribution in [0, 0.1) is 19.8 Å². The number of hydrogen-bond donors (Lipinski definition) is 1. The highest BCUT2D eigenvalue weighted by Gasteiger charge is 2.33. The molecule has 0 bridgehead atoms. The van der Waals surface area contributed by atoms with Gasteiger partial charge in [-0.15, -0.1) is 0 Å². The molecule has 1 saturated heterocycles. The number of nitrogens with zero attached hydrogens (tertiary/aromatic N) is 1. The quantitative estimate of drug-likeness (QED) is 0.716. The fourth-order valence-corrected chi connectivity index (χ4v) is 3.93. The summed E-state index contributed by atoms with van der Waals surface area (Å²) < 4.78 is 38.1. The first-order valence-electron chi connectivity index (χ1n) is 10.4. The molecule has 2 N–H and O–H groups in total. The van der Waals surface area contributed by atoms with Crippen LogP contribution in [0.2, 0.25) is 0 Å². The minimum Gasteiger partial charge on any atom is -0.356 e. The Morgan fingerprint density at radius 3 is 2.50 bits per heavy atom. The molecule has 0 spiro atoms. The van der Waals surface area contributed by atoms with Gasteiger partial charge >= 0.3 is 6.18 Å². The summed E-state index contributed by atoms with van der Waals surface area (Å²) in [5, 5.41) is 3.04. The van der Waals surface area contributed by atoms with E-state index in [1.54, 1.807) is 0 Å². The summed E-state index contributed by atoms with van der Waals surface area (Å²) in [5.74, 6) is 0.679. The van der Waals surface area contributed by atoms with Crippen LogP contribution in [0.4, 0.5) is 19.0 Å². The molecule has 3 rings (SSSR count). The predicted octanol–water partition coefficient (Wildman–Crippen LogP) is 4.10. The molecule has 1 aromatic carbocycles. The lowest BCUT2D eigenvalue weighted by Gasteiger charge is -2.27. The van der Waals surface area contributed by atoms with Crippen molar-refractivity contribution in [1.29, 1.82) is 0 Å². The normalized spacial score (nSPS) is 15.3. The molecule has 7 heteroatoms. The number of H-pyrrole nitrogens is 1. The number of amides is 1. The molecule has 2 aromatic rings. The highest BCUT2D eigenvalue weighted by molar-refractivity contribution is 5.78. The Labute approximate surface area is 175 Å². The Morgan fingerprint density at radius 1 is 1.17 bits per heavy atom. The lowest BCUT2D eigenvalue weighted by molar-refractivity contribution is -0.367. The maximum absolute atomic E-state index is 12.7. The smallest absolute Gasteiger partial charge is 0.356 e. The molecule has 30 heavy (non-hydrogen) atoms. The number of aromatic amines is 1. The Bertz CT molecular complexity index is 857. The highest BCUT2D eigenvalue weighted by Crippen LogP contribution is 2.29. The van der Waals surface area contributed by atoms with Crippen LogP contribution in [0.1, 0.15) is 41.5 Å². The van der Waals surface area contributed by atoms with Crippen LogP contribution in [-0.4, -0.2) is 25.5 Å². The first-order valence-corrected chi connectivity index (χ1v) is 10.4. The number of halogens is 3. The zero-order valence-corrected chi connectivity index (χ0v) is 17.5. The summed E-state index contributed by atoms with van der Waals surface area (Å²) >= 11 is 0. The number of alkyl halides is 3. The minimum absolute atomic E-state index is 0.0446. The standard InChI is InChI=1S/C23H28F3N3O/c1-16-5-6-18(17(2)14-16)4-3-11-27-22(30)19-9-12-29(13-10-19)21-8-7-20(15-28-21)23(24,25)26/h5-8,14-15,19H,3-4,9-13H2,1-2H3,(H,27,30)/p+1. The summed E-state index contributed by atoms with van der Waals surface area (Å²) in [6, 6.07) is 8.98. The van der Waals surface area contributed by atoms with Gasteiger partial charge in [0.1, 0.15) is 6.20 Å². The van der Waals surface area contributed by atoms with E-state index in [1.165, 1.54) is 22.8 Å². The van der Waals surface area contributed by atoms with Crippen LogP contribution >= 0.6 is 0 Å². The van der Waals surface area contributed by atoms with Crippen molar-refractivity contribution < 1.29 is 22.9 Å². The molecule has 0 unspecified atom stereocenters. The first kappa shape index (κ1) is 22.1. The number of nitrogens with one attached hydrogen (secondary N) is 2. The summed E-state index contributed by atoms with van der Waals surface area (Å²) in [6.07, 6.45) is -0.138. The van der Waals surface area contributed by atoms with E-state index in [0.717, 1.165) is 25.1 Å². The van der Waals surface area contributed by atoms with E-state index in [0.29, 0.717) is 38.3 Å². The average molecular weight is 420 g/mol. The van der Waals surface area contributed by atoms with Crippen LogP contribution in [-0.2, 0) is 17.4 Å². The number of pyridine rings is 1. The molecule has 0 atom stereocenters. The molecule has 1 fully saturated rings. The number of anilines is 1. The second-order valence-electron chi connectivity index (χ2n) is 8.05. The third-order valence-electron chi connectivity index (χ3n) is 5.75. The van der Waals surface area contributed by atoms with Crippen molar-refractivity contribution in [3.63, 3.8) is 0 Å². The summed E-state index contributed by atoms with van der Waals surface area (Å²) in [5.41, 5.74) is 3.16. The maximum Gasteiger partial charge on any atom is 0.419 e. The van der Waals surface area contributed by atoms with E-state index < -0.39 is 11.7 Å². The number of carbonyl (C=O) groups is 1. The summed E-state index contributed by atoms with van der Waals surface area (Å²) in [6.45, 7) is 6.13. The number of carbonyl (C=O) groups excluding carboxylic acids is 1. The fraction of sp³-hybridized carbons (Fsp3) is 0.478. The van der Waals surface area contributed by atoms with Gasteiger partial charge in [0, 0.05) is 18.5 Å². The molecular formula is C23H29F3N3O+. The number of rotatable bonds is 6. The molecule has 2 heterocycles. The van der Waals surface area contributed by atoms with E-state index in [-0.39, 0.29) is 11.8 Å². The van der Waals surface area contributed by atoms with Gasteiger partial charge in [0.2, 0.25) is 5.91 Å². The van der Waals surface area contributed by atoms with Gasteiger partial charge in [0.05, 0.1) is 18.7 Å². The molecule has 0 radical (unpaired) electrons. The van der Waals surface area contributed by atoms with Gasteiger partial charge in [0.15, 0.2) is 0 Å². The molecule has 4 nitrogen and oxygen atoms in total. The number of piperidine rings is 1. The van der Waals surface area contributed by atoms with E-state index >= 15 is 0 Å². The van der Waals surface area contributed by atoms with Crippen molar-refractivity contribution in [2.45, 2.75) is 45.7 Å². The Kier molecular flexibility index (Phi) is 7.00. The molecule has 162 valence electrons. The monoisotopic (exact) mass is 420 g/mol. The Hall–Kier alpha value is -2.57. The number of hydrogen-bond acceptors (Lipinski definition) is 2. The zero-order chi connectivity index (χ0) is 21.7. The second kappa shape index (κ2) is 9.49. The Morgan fingerprint density at radius 2 is 1.90 bits per heavy atom. The zero-order valence-electron chi connectivity index (χ0n) is 17.5. The van der Waals surface area contributed by atoms with Crippen LogP contribution in [0.25, 0.3) is 0 Å². The molecule has 1 aromatic heterocycles. The lowest BCUT2D eigenvalue weighted by Crippen LogP contribution is -2.42. The van der Waals surface area contributed by atoms with Gasteiger partial charge in [0.25, 0.3) is 5.82 Å². The van der Waals surface area contributed by atoms with Crippen LogP contribution in [0.15, 0.2) is 36.5 Å². The molecule has 1 aliphatic rings.